The number of carbonyl (C=O) groups is 1. The van der Waals surface area contributed by atoms with Crippen LogP contribution < -0.4 is 0 Å². The number of ketones is 1. The van der Waals surface area contributed by atoms with Gasteiger partial charge in [-0.25, -0.2) is 9.97 Å². The highest BCUT2D eigenvalue weighted by Gasteiger charge is 2.26. The average Bonchev–Trinajstić information content (AvgIpc) is 3.21. The number of Topliss-reactive ketones (excluding diaryl/α,β-unsaturated/α-hetero) is 1. The quantitative estimate of drug-likeness (QED) is 0.693. The van der Waals surface area contributed by atoms with E-state index >= 15 is 0 Å². The Balaban J connectivity index is 1.57. The van der Waals surface area contributed by atoms with Gasteiger partial charge in [0.2, 0.25) is 0 Å². The summed E-state index contributed by atoms with van der Waals surface area (Å²) < 4.78 is 1.65. The highest BCUT2D eigenvalue weighted by atomic mass is 16.1. The second-order valence-corrected chi connectivity index (χ2v) is 6.19. The van der Waals surface area contributed by atoms with Crippen LogP contribution in [0.3, 0.4) is 0 Å². The summed E-state index contributed by atoms with van der Waals surface area (Å²) in [4.78, 5) is 21.1. The summed E-state index contributed by atoms with van der Waals surface area (Å²) in [6, 6.07) is 9.96. The first kappa shape index (κ1) is 14.8. The highest BCUT2D eigenvalue weighted by molar-refractivity contribution is 5.95. The maximum atomic E-state index is 12.5. The van der Waals surface area contributed by atoms with E-state index in [2.05, 4.69) is 33.3 Å². The molecule has 1 aliphatic rings. The number of fused-ring (bicyclic) bond motifs is 1. The number of carbonyl (C=O) groups excluding carboxylic acids is 1. The molecule has 0 N–H and O–H groups in total. The van der Waals surface area contributed by atoms with E-state index in [1.807, 2.05) is 13.1 Å². The molecule has 2 aromatic heterocycles. The average molecular weight is 318 g/mol. The van der Waals surface area contributed by atoms with Crippen LogP contribution >= 0.6 is 0 Å². The summed E-state index contributed by atoms with van der Waals surface area (Å²) in [6.45, 7) is 0. The van der Waals surface area contributed by atoms with Gasteiger partial charge in [-0.2, -0.15) is 5.10 Å². The van der Waals surface area contributed by atoms with Crippen LogP contribution in [0.1, 0.15) is 40.4 Å². The Morgan fingerprint density at radius 1 is 1.21 bits per heavy atom. The third kappa shape index (κ3) is 2.62. The van der Waals surface area contributed by atoms with Gasteiger partial charge < -0.3 is 0 Å². The molecule has 0 aliphatic heterocycles. The van der Waals surface area contributed by atoms with Crippen molar-refractivity contribution in [3.05, 3.63) is 65.7 Å². The number of nitrogens with zero attached hydrogens (tertiary/aromatic N) is 4. The molecule has 2 heterocycles. The van der Waals surface area contributed by atoms with Gasteiger partial charge in [0.15, 0.2) is 11.6 Å². The molecule has 0 spiro atoms. The number of hydrogen-bond donors (Lipinski definition) is 0. The topological polar surface area (TPSA) is 60.7 Å². The van der Waals surface area contributed by atoms with Crippen molar-refractivity contribution < 1.29 is 4.79 Å². The van der Waals surface area contributed by atoms with Crippen LogP contribution in [0.5, 0.6) is 0 Å². The number of aromatic nitrogens is 4. The lowest BCUT2D eigenvalue weighted by atomic mass is 9.94. The molecule has 1 aliphatic carbocycles. The summed E-state index contributed by atoms with van der Waals surface area (Å²) in [5, 5.41) is 4.08. The molecule has 4 rings (SSSR count). The molecule has 0 radical (unpaired) electrons. The molecule has 1 atom stereocenters. The molecule has 0 fully saturated rings. The standard InChI is InChI=1S/C19H18N4O/c1-23-17(7-10-22-23)18(24)12-14-4-3-13-11-15(5-6-16(13)14)19-20-8-2-9-21-19/h2,5-11,14H,3-4,12H2,1H3/t14-/m0/s1. The maximum absolute atomic E-state index is 12.5. The van der Waals surface area contributed by atoms with Crippen molar-refractivity contribution in [2.75, 3.05) is 0 Å². The van der Waals surface area contributed by atoms with E-state index in [-0.39, 0.29) is 11.7 Å². The van der Waals surface area contributed by atoms with Gasteiger partial charge in [0.25, 0.3) is 0 Å². The van der Waals surface area contributed by atoms with Gasteiger partial charge in [-0.05, 0) is 48.1 Å². The normalized spacial score (nSPS) is 16.1. The summed E-state index contributed by atoms with van der Waals surface area (Å²) >= 11 is 0. The van der Waals surface area contributed by atoms with Gasteiger partial charge in [0.05, 0.1) is 0 Å². The summed E-state index contributed by atoms with van der Waals surface area (Å²) in [6.07, 6.45) is 7.73. The molecule has 0 unspecified atom stereocenters. The first-order valence-electron chi connectivity index (χ1n) is 8.14. The van der Waals surface area contributed by atoms with Gasteiger partial charge >= 0.3 is 0 Å². The van der Waals surface area contributed by atoms with Gasteiger partial charge in [0, 0.05) is 37.6 Å². The molecule has 24 heavy (non-hydrogen) atoms. The minimum atomic E-state index is 0.156. The van der Waals surface area contributed by atoms with Crippen molar-refractivity contribution in [2.45, 2.75) is 25.2 Å². The number of hydrogen-bond acceptors (Lipinski definition) is 4. The van der Waals surface area contributed by atoms with Crippen molar-refractivity contribution >= 4 is 5.78 Å². The summed E-state index contributed by atoms with van der Waals surface area (Å²) in [5.41, 5.74) is 4.30. The lowest BCUT2D eigenvalue weighted by Crippen LogP contribution is -2.10. The summed E-state index contributed by atoms with van der Waals surface area (Å²) in [5.74, 6) is 1.19. The van der Waals surface area contributed by atoms with Crippen LogP contribution in [0, 0.1) is 0 Å². The Kier molecular flexibility index (Phi) is 3.69. The van der Waals surface area contributed by atoms with Crippen LogP contribution in [0.15, 0.2) is 48.9 Å². The third-order valence-electron chi connectivity index (χ3n) is 4.71. The zero-order valence-electron chi connectivity index (χ0n) is 13.5. The molecule has 0 saturated carbocycles. The number of rotatable bonds is 4. The van der Waals surface area contributed by atoms with Crippen molar-refractivity contribution in [2.24, 2.45) is 7.05 Å². The molecule has 5 nitrogen and oxygen atoms in total. The fourth-order valence-electron chi connectivity index (χ4n) is 3.48. The summed E-state index contributed by atoms with van der Waals surface area (Å²) in [7, 11) is 1.81. The Morgan fingerprint density at radius 3 is 2.79 bits per heavy atom. The van der Waals surface area contributed by atoms with E-state index in [1.54, 1.807) is 29.3 Å². The fourth-order valence-corrected chi connectivity index (χ4v) is 3.48. The van der Waals surface area contributed by atoms with Gasteiger partial charge in [-0.1, -0.05) is 12.1 Å². The van der Waals surface area contributed by atoms with Crippen LogP contribution in [-0.4, -0.2) is 25.5 Å². The minimum Gasteiger partial charge on any atom is -0.292 e. The number of aryl methyl sites for hydroxylation is 2. The Labute approximate surface area is 140 Å². The second kappa shape index (κ2) is 6.00. The van der Waals surface area contributed by atoms with Gasteiger partial charge in [0.1, 0.15) is 5.69 Å². The zero-order valence-corrected chi connectivity index (χ0v) is 13.5. The first-order chi connectivity index (χ1) is 11.7. The van der Waals surface area contributed by atoms with E-state index in [0.717, 1.165) is 24.2 Å². The molecule has 5 heteroatoms. The fraction of sp³-hybridized carbons (Fsp3) is 0.263. The second-order valence-electron chi connectivity index (χ2n) is 6.19. The largest absolute Gasteiger partial charge is 0.292 e. The first-order valence-corrected chi connectivity index (χ1v) is 8.14. The Bertz CT molecular complexity index is 885. The zero-order chi connectivity index (χ0) is 16.5. The molecular formula is C19H18N4O. The molecule has 120 valence electrons. The Hall–Kier alpha value is -2.82. The lowest BCUT2D eigenvalue weighted by molar-refractivity contribution is 0.0964. The van der Waals surface area contributed by atoms with Crippen LogP contribution in [0.2, 0.25) is 0 Å². The molecule has 0 saturated heterocycles. The maximum Gasteiger partial charge on any atom is 0.181 e. The van der Waals surface area contributed by atoms with Crippen molar-refractivity contribution in [1.29, 1.82) is 0 Å². The van der Waals surface area contributed by atoms with Crippen LogP contribution in [0.4, 0.5) is 0 Å². The Morgan fingerprint density at radius 2 is 2.04 bits per heavy atom. The molecule has 3 aromatic rings. The van der Waals surface area contributed by atoms with Crippen molar-refractivity contribution in [1.82, 2.24) is 19.7 Å². The van der Waals surface area contributed by atoms with Crippen LogP contribution in [0.25, 0.3) is 11.4 Å². The molecule has 1 aromatic carbocycles. The van der Waals surface area contributed by atoms with Gasteiger partial charge in [-0.15, -0.1) is 0 Å². The smallest absolute Gasteiger partial charge is 0.181 e. The van der Waals surface area contributed by atoms with E-state index < -0.39 is 0 Å². The third-order valence-corrected chi connectivity index (χ3v) is 4.71. The lowest BCUT2D eigenvalue weighted by Gasteiger charge is -2.11. The van der Waals surface area contributed by atoms with Crippen LogP contribution in [-0.2, 0) is 13.5 Å². The van der Waals surface area contributed by atoms with E-state index in [1.165, 1.54) is 11.1 Å². The molecule has 0 bridgehead atoms. The van der Waals surface area contributed by atoms with E-state index in [4.69, 9.17) is 0 Å². The van der Waals surface area contributed by atoms with Crippen molar-refractivity contribution in [3.63, 3.8) is 0 Å². The monoisotopic (exact) mass is 318 g/mol. The SMILES string of the molecule is Cn1nccc1C(=O)C[C@@H]1CCc2cc(-c3ncccn3)ccc21. The van der Waals surface area contributed by atoms with Gasteiger partial charge in [-0.3, -0.25) is 9.48 Å². The predicted molar refractivity (Wildman–Crippen MR) is 90.7 cm³/mol. The predicted octanol–water partition coefficient (Wildman–Crippen LogP) is 3.18. The van der Waals surface area contributed by atoms with Crippen molar-refractivity contribution in [3.8, 4) is 11.4 Å². The van der Waals surface area contributed by atoms with E-state index in [9.17, 15) is 4.79 Å². The highest BCUT2D eigenvalue weighted by Crippen LogP contribution is 2.37. The molecular weight excluding hydrogens is 300 g/mol. The minimum absolute atomic E-state index is 0.156. The molecule has 0 amide bonds. The number of benzene rings is 1. The van der Waals surface area contributed by atoms with E-state index in [0.29, 0.717) is 12.1 Å².